The van der Waals surface area contributed by atoms with E-state index in [9.17, 15) is 0 Å². The zero-order valence-electron chi connectivity index (χ0n) is 38.0. The average Bonchev–Trinajstić information content (AvgIpc) is 3.95. The monoisotopic (exact) mass is 866 g/mol. The Hall–Kier alpha value is -2.68. The molecule has 0 radical (unpaired) electrons. The quantitative estimate of drug-likeness (QED) is 0.164. The van der Waals surface area contributed by atoms with Crippen molar-refractivity contribution in [2.24, 2.45) is 0 Å². The van der Waals surface area contributed by atoms with Gasteiger partial charge >= 0.3 is 5.97 Å². The number of fused-ring (bicyclic) bond motifs is 3. The summed E-state index contributed by atoms with van der Waals surface area (Å²) in [6, 6.07) is 32.1. The first kappa shape index (κ1) is 43.6. The molecule has 3 aromatic carbocycles. The van der Waals surface area contributed by atoms with E-state index in [1.165, 1.54) is 16.8 Å². The van der Waals surface area contributed by atoms with Crippen LogP contribution in [0.2, 0.25) is 28.7 Å². The number of carbonyl (C=O) groups excluding carboxylic acids is 1. The lowest BCUT2D eigenvalue weighted by molar-refractivity contribution is -0.228. The fraction of sp³-hybridized carbons (Fsp3) is 0.627. The van der Waals surface area contributed by atoms with Crippen molar-refractivity contribution in [1.29, 1.82) is 0 Å². The van der Waals surface area contributed by atoms with Crippen LogP contribution in [0.3, 0.4) is 0 Å². The van der Waals surface area contributed by atoms with Crippen molar-refractivity contribution >= 4 is 32.7 Å². The summed E-state index contributed by atoms with van der Waals surface area (Å²) in [4.78, 5) is 15.9. The summed E-state index contributed by atoms with van der Waals surface area (Å²) in [6.45, 7) is 18.9. The smallest absolute Gasteiger partial charge is 0.343 e. The van der Waals surface area contributed by atoms with E-state index in [1.54, 1.807) is 0 Å². The molecule has 3 aliphatic carbocycles. The van der Waals surface area contributed by atoms with Crippen LogP contribution in [0, 0.1) is 0 Å². The SMILES string of the molecule is CC(C)(C)[Si](C)(C)O[C@@H]1[C@@H](OC(=O)[C@@]2(c3ccccc3)C[C@@H]([Si](c3ccccc3)(c3ccccc3)C(C)(C)C)CO2)[C@@H]2OC3(CCCCC3)O[C@@H]2[C@H]2OC3(CCCCC3)O[C@H]21. The molecule has 8 atom stereocenters. The molecule has 0 aromatic heterocycles. The van der Waals surface area contributed by atoms with Crippen LogP contribution in [0.15, 0.2) is 91.0 Å². The lowest BCUT2D eigenvalue weighted by Gasteiger charge is -2.48. The Morgan fingerprint density at radius 2 is 1.03 bits per heavy atom. The largest absolute Gasteiger partial charge is 0.454 e. The Kier molecular flexibility index (Phi) is 11.5. The molecular formula is C51H70O8Si2. The molecule has 330 valence electrons. The molecule has 2 spiro atoms. The standard InChI is InChI=1S/C51H70O8Si2/c1-47(2,3)60(7,8)59-45-40(41-42(56-49(55-41)30-20-12-21-31-49)43-44(45)58-50(57-43)32-22-13-23-33-50)54-46(52)51(36-24-14-9-15-25-36)34-39(35-53-51)61(48(4,5)6,37-26-16-10-17-27-37)38-28-18-11-19-29-38/h9-11,14-19,24-29,39-45H,12-13,20-23,30-35H2,1-8H3/t39-,40+,41+,42+,43-,44-,45-,51+/m1/s1. The Bertz CT molecular complexity index is 1950. The Labute approximate surface area is 366 Å². The van der Waals surface area contributed by atoms with Crippen molar-refractivity contribution in [1.82, 2.24) is 0 Å². The number of rotatable bonds is 8. The number of esters is 1. The van der Waals surface area contributed by atoms with Gasteiger partial charge in [-0.15, -0.1) is 0 Å². The summed E-state index contributed by atoms with van der Waals surface area (Å²) < 4.78 is 50.6. The van der Waals surface area contributed by atoms with Crippen molar-refractivity contribution in [2.45, 2.75) is 195 Å². The summed E-state index contributed by atoms with van der Waals surface area (Å²) in [6.07, 6.45) is 6.80. The molecule has 3 aliphatic heterocycles. The number of benzene rings is 3. The maximum absolute atomic E-state index is 15.9. The predicted molar refractivity (Wildman–Crippen MR) is 243 cm³/mol. The second-order valence-corrected chi connectivity index (χ2v) is 31.5. The van der Waals surface area contributed by atoms with Crippen LogP contribution in [0.25, 0.3) is 0 Å². The van der Waals surface area contributed by atoms with Gasteiger partial charge in [-0.1, -0.05) is 156 Å². The molecule has 0 bridgehead atoms. The van der Waals surface area contributed by atoms with Gasteiger partial charge in [-0.05, 0) is 66.4 Å². The fourth-order valence-electron chi connectivity index (χ4n) is 12.0. The third-order valence-corrected chi connectivity index (χ3v) is 26.9. The minimum atomic E-state index is -2.72. The van der Waals surface area contributed by atoms with E-state index in [-0.39, 0.29) is 15.6 Å². The van der Waals surface area contributed by atoms with Gasteiger partial charge in [0.15, 0.2) is 31.6 Å². The van der Waals surface area contributed by atoms with Gasteiger partial charge in [-0.2, -0.15) is 0 Å². The summed E-state index contributed by atoms with van der Waals surface area (Å²) in [5.41, 5.74) is -0.518. The fourth-order valence-corrected chi connectivity index (χ4v) is 19.9. The topological polar surface area (TPSA) is 81.7 Å². The van der Waals surface area contributed by atoms with Gasteiger partial charge in [0.2, 0.25) is 0 Å². The number of carbonyl (C=O) groups is 1. The summed E-state index contributed by atoms with van der Waals surface area (Å²) in [7, 11) is -5.22. The third kappa shape index (κ3) is 7.46. The molecule has 0 amide bonds. The van der Waals surface area contributed by atoms with Gasteiger partial charge in [0.1, 0.15) is 38.6 Å². The maximum atomic E-state index is 15.9. The molecule has 3 aromatic rings. The van der Waals surface area contributed by atoms with Crippen LogP contribution in [-0.2, 0) is 43.2 Å². The van der Waals surface area contributed by atoms with E-state index in [0.717, 1.165) is 63.4 Å². The maximum Gasteiger partial charge on any atom is 0.343 e. The Morgan fingerprint density at radius 1 is 0.590 bits per heavy atom. The molecular weight excluding hydrogens is 797 g/mol. The van der Waals surface area contributed by atoms with Crippen molar-refractivity contribution in [2.75, 3.05) is 6.61 Å². The summed E-state index contributed by atoms with van der Waals surface area (Å²) in [5, 5.41) is 2.43. The van der Waals surface area contributed by atoms with Crippen molar-refractivity contribution < 1.29 is 37.6 Å². The molecule has 6 aliphatic rings. The molecule has 61 heavy (non-hydrogen) atoms. The van der Waals surface area contributed by atoms with Crippen LogP contribution in [0.1, 0.15) is 118 Å². The van der Waals surface area contributed by atoms with Crippen LogP contribution in [0.4, 0.5) is 0 Å². The zero-order chi connectivity index (χ0) is 42.9. The van der Waals surface area contributed by atoms with Gasteiger partial charge < -0.3 is 32.8 Å². The Morgan fingerprint density at radius 3 is 1.49 bits per heavy atom. The highest BCUT2D eigenvalue weighted by atomic mass is 28.4. The van der Waals surface area contributed by atoms with Crippen molar-refractivity contribution in [3.05, 3.63) is 96.6 Å². The normalized spacial score (nSPS) is 32.4. The minimum absolute atomic E-state index is 0.0436. The van der Waals surface area contributed by atoms with Gasteiger partial charge in [-0.25, -0.2) is 4.79 Å². The van der Waals surface area contributed by atoms with E-state index in [1.807, 2.05) is 30.3 Å². The first-order chi connectivity index (χ1) is 29.0. The summed E-state index contributed by atoms with van der Waals surface area (Å²) in [5.74, 6) is -1.86. The van der Waals surface area contributed by atoms with Crippen LogP contribution < -0.4 is 10.4 Å². The number of ether oxygens (including phenoxy) is 6. The van der Waals surface area contributed by atoms with E-state index in [4.69, 9.17) is 32.8 Å². The second-order valence-electron chi connectivity index (χ2n) is 21.7. The zero-order valence-corrected chi connectivity index (χ0v) is 40.0. The first-order valence-corrected chi connectivity index (χ1v) is 28.4. The van der Waals surface area contributed by atoms with Gasteiger partial charge in [0, 0.05) is 32.3 Å². The van der Waals surface area contributed by atoms with Crippen LogP contribution >= 0.6 is 0 Å². The molecule has 3 heterocycles. The molecule has 0 unspecified atom stereocenters. The minimum Gasteiger partial charge on any atom is -0.454 e. The number of hydrogen-bond acceptors (Lipinski definition) is 8. The third-order valence-electron chi connectivity index (χ3n) is 15.9. The summed E-state index contributed by atoms with van der Waals surface area (Å²) >= 11 is 0. The molecule has 0 N–H and O–H groups in total. The molecule has 6 fully saturated rings. The predicted octanol–water partition coefficient (Wildman–Crippen LogP) is 9.94. The number of hydrogen-bond donors (Lipinski definition) is 0. The van der Waals surface area contributed by atoms with E-state index >= 15 is 4.79 Å². The molecule has 8 nitrogen and oxygen atoms in total. The average molecular weight is 867 g/mol. The highest BCUT2D eigenvalue weighted by Gasteiger charge is 2.69. The van der Waals surface area contributed by atoms with E-state index < -0.39 is 76.2 Å². The second kappa shape index (κ2) is 16.1. The first-order valence-electron chi connectivity index (χ1n) is 23.4. The van der Waals surface area contributed by atoms with E-state index in [2.05, 4.69) is 115 Å². The lowest BCUT2D eigenvalue weighted by atomic mass is 9.84. The van der Waals surface area contributed by atoms with E-state index in [0.29, 0.717) is 13.0 Å². The van der Waals surface area contributed by atoms with Crippen LogP contribution in [-0.4, -0.2) is 77.2 Å². The molecule has 3 saturated carbocycles. The molecule has 9 rings (SSSR count). The highest BCUT2D eigenvalue weighted by molar-refractivity contribution is 7.05. The van der Waals surface area contributed by atoms with Gasteiger partial charge in [-0.3, -0.25) is 0 Å². The van der Waals surface area contributed by atoms with Crippen molar-refractivity contribution in [3.63, 3.8) is 0 Å². The van der Waals surface area contributed by atoms with Crippen molar-refractivity contribution in [3.8, 4) is 0 Å². The van der Waals surface area contributed by atoms with Crippen LogP contribution in [0.5, 0.6) is 0 Å². The van der Waals surface area contributed by atoms with Gasteiger partial charge in [0.05, 0.1) is 0 Å². The Balaban J connectivity index is 1.15. The molecule has 3 saturated heterocycles. The lowest BCUT2D eigenvalue weighted by Crippen LogP contribution is -2.67. The van der Waals surface area contributed by atoms with Gasteiger partial charge in [0.25, 0.3) is 0 Å². The highest BCUT2D eigenvalue weighted by Crippen LogP contribution is 2.56. The molecule has 10 heteroatoms.